The molecule has 2 unspecified atom stereocenters. The highest BCUT2D eigenvalue weighted by Crippen LogP contribution is 2.27. The second-order valence-corrected chi connectivity index (χ2v) is 6.77. The Hall–Kier alpha value is -0.910. The lowest BCUT2D eigenvalue weighted by molar-refractivity contribution is -0.146. The molecule has 0 aromatic heterocycles. The van der Waals surface area contributed by atoms with Crippen LogP contribution in [0.2, 0.25) is 0 Å². The van der Waals surface area contributed by atoms with Crippen LogP contribution in [0, 0.1) is 5.92 Å². The molecule has 2 atom stereocenters. The summed E-state index contributed by atoms with van der Waals surface area (Å²) in [6, 6.07) is 0.00139. The summed E-state index contributed by atoms with van der Waals surface area (Å²) in [4.78, 5) is 26.2. The van der Waals surface area contributed by atoms with Crippen LogP contribution < -0.4 is 0 Å². The number of urea groups is 1. The van der Waals surface area contributed by atoms with Crippen molar-refractivity contribution in [3.63, 3.8) is 0 Å². The molecular formula is C11H18N2O3S. The lowest BCUT2D eigenvalue weighted by atomic mass is 10.0. The topological polar surface area (TPSA) is 60.9 Å². The van der Waals surface area contributed by atoms with E-state index in [1.807, 2.05) is 16.7 Å². The summed E-state index contributed by atoms with van der Waals surface area (Å²) in [6.45, 7) is 6.50. The SMILES string of the molecule is CC1CN(C(=O)N2CC(C(=O)O)C2)CC(C)S1. The molecule has 2 heterocycles. The molecule has 0 aliphatic carbocycles. The number of carbonyl (C=O) groups excluding carboxylic acids is 1. The van der Waals surface area contributed by atoms with Crippen LogP contribution in [-0.4, -0.2) is 63.6 Å². The molecule has 2 rings (SSSR count). The number of rotatable bonds is 1. The van der Waals surface area contributed by atoms with Crippen LogP contribution in [0.5, 0.6) is 0 Å². The minimum absolute atomic E-state index is 0.00139. The van der Waals surface area contributed by atoms with E-state index in [0.29, 0.717) is 23.6 Å². The highest BCUT2D eigenvalue weighted by Gasteiger charge is 2.38. The Labute approximate surface area is 105 Å². The van der Waals surface area contributed by atoms with Crippen molar-refractivity contribution in [1.82, 2.24) is 9.80 Å². The predicted molar refractivity (Wildman–Crippen MR) is 66.2 cm³/mol. The third kappa shape index (κ3) is 2.68. The van der Waals surface area contributed by atoms with E-state index in [9.17, 15) is 9.59 Å². The normalized spacial score (nSPS) is 30.0. The Morgan fingerprint density at radius 3 is 2.00 bits per heavy atom. The predicted octanol–water partition coefficient (Wildman–Crippen LogP) is 0.949. The van der Waals surface area contributed by atoms with E-state index in [1.54, 1.807) is 4.90 Å². The van der Waals surface area contributed by atoms with Gasteiger partial charge in [-0.15, -0.1) is 0 Å². The number of hydrogen-bond donors (Lipinski definition) is 1. The zero-order chi connectivity index (χ0) is 12.6. The third-order valence-electron chi connectivity index (χ3n) is 3.19. The molecule has 2 saturated heterocycles. The number of likely N-dealkylation sites (tertiary alicyclic amines) is 1. The van der Waals surface area contributed by atoms with Crippen LogP contribution in [0.15, 0.2) is 0 Å². The molecule has 2 fully saturated rings. The molecule has 0 radical (unpaired) electrons. The fourth-order valence-corrected chi connectivity index (χ4v) is 3.65. The molecule has 0 spiro atoms. The summed E-state index contributed by atoms with van der Waals surface area (Å²) >= 11 is 1.90. The number of carboxylic acids is 1. The standard InChI is InChI=1S/C11H18N2O3S/c1-7-3-12(4-8(2)17-7)11(16)13-5-9(6-13)10(14)15/h7-9H,3-6H2,1-2H3,(H,14,15). The molecule has 17 heavy (non-hydrogen) atoms. The van der Waals surface area contributed by atoms with Crippen LogP contribution in [0.3, 0.4) is 0 Å². The maximum absolute atomic E-state index is 12.1. The van der Waals surface area contributed by atoms with Crippen LogP contribution in [-0.2, 0) is 4.79 Å². The van der Waals surface area contributed by atoms with Gasteiger partial charge in [-0.3, -0.25) is 4.79 Å². The lowest BCUT2D eigenvalue weighted by Gasteiger charge is -2.43. The quantitative estimate of drug-likeness (QED) is 0.760. The molecule has 1 N–H and O–H groups in total. The third-order valence-corrected chi connectivity index (χ3v) is 4.42. The summed E-state index contributed by atoms with van der Waals surface area (Å²) < 4.78 is 0. The van der Waals surface area contributed by atoms with Gasteiger partial charge in [0.15, 0.2) is 0 Å². The average molecular weight is 258 g/mol. The molecule has 2 aliphatic heterocycles. The summed E-state index contributed by atoms with van der Waals surface area (Å²) in [5.41, 5.74) is 0. The summed E-state index contributed by atoms with van der Waals surface area (Å²) in [7, 11) is 0. The molecule has 96 valence electrons. The van der Waals surface area contributed by atoms with Gasteiger partial charge in [0.1, 0.15) is 0 Å². The van der Waals surface area contributed by atoms with Gasteiger partial charge in [0.2, 0.25) is 0 Å². The number of amides is 2. The van der Waals surface area contributed by atoms with Crippen molar-refractivity contribution < 1.29 is 14.7 Å². The Morgan fingerprint density at radius 1 is 1.06 bits per heavy atom. The van der Waals surface area contributed by atoms with E-state index in [1.165, 1.54) is 0 Å². The van der Waals surface area contributed by atoms with Gasteiger partial charge in [0.25, 0.3) is 0 Å². The number of carbonyl (C=O) groups is 2. The van der Waals surface area contributed by atoms with Gasteiger partial charge >= 0.3 is 12.0 Å². The Morgan fingerprint density at radius 2 is 1.53 bits per heavy atom. The van der Waals surface area contributed by atoms with Gasteiger partial charge < -0.3 is 14.9 Å². The lowest BCUT2D eigenvalue weighted by Crippen LogP contribution is -2.59. The molecule has 0 aromatic rings. The van der Waals surface area contributed by atoms with Crippen molar-refractivity contribution in [3.8, 4) is 0 Å². The summed E-state index contributed by atoms with van der Waals surface area (Å²) in [5.74, 6) is -1.17. The first-order valence-corrected chi connectivity index (χ1v) is 6.83. The summed E-state index contributed by atoms with van der Waals surface area (Å²) in [6.07, 6.45) is 0. The minimum Gasteiger partial charge on any atom is -0.481 e. The van der Waals surface area contributed by atoms with E-state index in [-0.39, 0.29) is 11.9 Å². The first-order valence-electron chi connectivity index (χ1n) is 5.89. The largest absolute Gasteiger partial charge is 0.481 e. The number of thioether (sulfide) groups is 1. The molecule has 5 nitrogen and oxygen atoms in total. The van der Waals surface area contributed by atoms with E-state index in [4.69, 9.17) is 5.11 Å². The van der Waals surface area contributed by atoms with Crippen molar-refractivity contribution in [2.24, 2.45) is 5.92 Å². The molecule has 2 aliphatic rings. The highest BCUT2D eigenvalue weighted by molar-refractivity contribution is 8.00. The van der Waals surface area contributed by atoms with E-state index < -0.39 is 5.97 Å². The molecule has 6 heteroatoms. The second-order valence-electron chi connectivity index (χ2n) is 4.89. The highest BCUT2D eigenvalue weighted by atomic mass is 32.2. The monoisotopic (exact) mass is 258 g/mol. The van der Waals surface area contributed by atoms with Gasteiger partial charge in [-0.2, -0.15) is 11.8 Å². The smallest absolute Gasteiger partial charge is 0.320 e. The zero-order valence-corrected chi connectivity index (χ0v) is 10.9. The van der Waals surface area contributed by atoms with Gasteiger partial charge in [0.05, 0.1) is 5.92 Å². The van der Waals surface area contributed by atoms with E-state index >= 15 is 0 Å². The summed E-state index contributed by atoms with van der Waals surface area (Å²) in [5, 5.41) is 9.69. The Bertz CT molecular complexity index is 321. The van der Waals surface area contributed by atoms with Crippen LogP contribution >= 0.6 is 11.8 Å². The van der Waals surface area contributed by atoms with Crippen molar-refractivity contribution in [3.05, 3.63) is 0 Å². The van der Waals surface area contributed by atoms with Crippen molar-refractivity contribution in [1.29, 1.82) is 0 Å². The minimum atomic E-state index is -0.801. The number of carboxylic acid groups (broad SMARTS) is 1. The molecule has 0 bridgehead atoms. The zero-order valence-electron chi connectivity index (χ0n) is 10.1. The van der Waals surface area contributed by atoms with Crippen molar-refractivity contribution >= 4 is 23.8 Å². The molecule has 0 saturated carbocycles. The molecular weight excluding hydrogens is 240 g/mol. The molecule has 0 aromatic carbocycles. The number of nitrogens with zero attached hydrogens (tertiary/aromatic N) is 2. The van der Waals surface area contributed by atoms with Gasteiger partial charge in [-0.05, 0) is 0 Å². The average Bonchev–Trinajstić information content (AvgIpc) is 2.12. The van der Waals surface area contributed by atoms with Crippen LogP contribution in [0.1, 0.15) is 13.8 Å². The fraction of sp³-hybridized carbons (Fsp3) is 0.818. The first kappa shape index (κ1) is 12.5. The van der Waals surface area contributed by atoms with Crippen LogP contribution in [0.25, 0.3) is 0 Å². The number of hydrogen-bond acceptors (Lipinski definition) is 3. The van der Waals surface area contributed by atoms with Gasteiger partial charge in [-0.1, -0.05) is 13.8 Å². The molecule has 2 amide bonds. The van der Waals surface area contributed by atoms with E-state index in [2.05, 4.69) is 13.8 Å². The Balaban J connectivity index is 1.86. The van der Waals surface area contributed by atoms with Crippen molar-refractivity contribution in [2.45, 2.75) is 24.3 Å². The van der Waals surface area contributed by atoms with Crippen LogP contribution in [0.4, 0.5) is 4.79 Å². The maximum atomic E-state index is 12.1. The second kappa shape index (κ2) is 4.76. The maximum Gasteiger partial charge on any atom is 0.320 e. The van der Waals surface area contributed by atoms with Gasteiger partial charge in [-0.25, -0.2) is 4.79 Å². The fourth-order valence-electron chi connectivity index (χ4n) is 2.33. The first-order chi connectivity index (χ1) is 7.97. The van der Waals surface area contributed by atoms with E-state index in [0.717, 1.165) is 13.1 Å². The van der Waals surface area contributed by atoms with Gasteiger partial charge in [0, 0.05) is 36.7 Å². The number of aliphatic carboxylic acids is 1. The van der Waals surface area contributed by atoms with Crippen molar-refractivity contribution in [2.75, 3.05) is 26.2 Å². The Kier molecular flexibility index (Phi) is 3.51.